The van der Waals surface area contributed by atoms with Crippen molar-refractivity contribution in [1.82, 2.24) is 4.98 Å². The number of carbonyl (C=O) groups is 1. The normalized spacial score (nSPS) is 12.7. The summed E-state index contributed by atoms with van der Waals surface area (Å²) < 4.78 is 15.6. The van der Waals surface area contributed by atoms with Crippen molar-refractivity contribution in [3.63, 3.8) is 0 Å². The van der Waals surface area contributed by atoms with E-state index in [0.29, 0.717) is 13.0 Å². The minimum absolute atomic E-state index is 0.0124. The van der Waals surface area contributed by atoms with Gasteiger partial charge in [-0.15, -0.1) is 10.2 Å². The van der Waals surface area contributed by atoms with Crippen LogP contribution < -0.4 is 27.0 Å². The summed E-state index contributed by atoms with van der Waals surface area (Å²) in [6.07, 6.45) is 2.03. The highest BCUT2D eigenvalue weighted by atomic mass is 31.2. The molecule has 13 heteroatoms. The van der Waals surface area contributed by atoms with Crippen LogP contribution in [0.1, 0.15) is 19.3 Å². The number of carbonyl (C=O) groups excluding carboxylic acids is 1. The highest BCUT2D eigenvalue weighted by molar-refractivity contribution is 7.46. The van der Waals surface area contributed by atoms with E-state index in [2.05, 4.69) is 25.1 Å². The highest BCUT2D eigenvalue weighted by Crippen LogP contribution is 2.42. The van der Waals surface area contributed by atoms with Crippen LogP contribution in [-0.2, 0) is 9.36 Å². The van der Waals surface area contributed by atoms with Gasteiger partial charge >= 0.3 is 7.82 Å². The van der Waals surface area contributed by atoms with Gasteiger partial charge in [-0.1, -0.05) is 18.6 Å². The van der Waals surface area contributed by atoms with Crippen molar-refractivity contribution in [2.45, 2.75) is 25.3 Å². The smallest absolute Gasteiger partial charge is 0.402 e. The summed E-state index contributed by atoms with van der Waals surface area (Å²) in [6.45, 7) is 0.540. The monoisotopic (exact) mass is 437 g/mol. The number of nitrogen functional groups attached to an aromatic ring is 1. The van der Waals surface area contributed by atoms with E-state index in [1.807, 2.05) is 0 Å². The summed E-state index contributed by atoms with van der Waals surface area (Å²) in [5.41, 5.74) is 17.4. The molecule has 1 amide bonds. The lowest BCUT2D eigenvalue weighted by Crippen LogP contribution is -2.35. The van der Waals surface area contributed by atoms with Gasteiger partial charge in [0, 0.05) is 0 Å². The van der Waals surface area contributed by atoms with Crippen molar-refractivity contribution in [3.8, 4) is 5.75 Å². The number of anilines is 2. The molecule has 0 spiro atoms. The molecule has 0 aliphatic rings. The molecule has 12 nitrogen and oxygen atoms in total. The Hall–Kier alpha value is -2.89. The number of nitrogens with one attached hydrogen (secondary N) is 1. The fourth-order valence-corrected chi connectivity index (χ4v) is 2.74. The fraction of sp³-hybridized carbons (Fsp3) is 0.294. The summed E-state index contributed by atoms with van der Waals surface area (Å²) in [5, 5.41) is 10.4. The van der Waals surface area contributed by atoms with E-state index in [9.17, 15) is 9.36 Å². The molecule has 9 N–H and O–H groups in total. The van der Waals surface area contributed by atoms with Crippen LogP contribution >= 0.6 is 7.82 Å². The van der Waals surface area contributed by atoms with Crippen LogP contribution in [0.4, 0.5) is 23.0 Å². The van der Waals surface area contributed by atoms with Crippen LogP contribution in [0.3, 0.4) is 0 Å². The highest BCUT2D eigenvalue weighted by Gasteiger charge is 2.18. The molecule has 1 aromatic heterocycles. The average Bonchev–Trinajstić information content (AvgIpc) is 2.67. The molecule has 0 bridgehead atoms. The maximum Gasteiger partial charge on any atom is 0.524 e. The van der Waals surface area contributed by atoms with Crippen LogP contribution in [0, 0.1) is 0 Å². The molecule has 0 fully saturated rings. The minimum Gasteiger partial charge on any atom is -0.402 e. The predicted molar refractivity (Wildman–Crippen MR) is 111 cm³/mol. The molecule has 2 aromatic rings. The molecule has 0 aliphatic heterocycles. The first-order valence-corrected chi connectivity index (χ1v) is 10.5. The Morgan fingerprint density at radius 2 is 1.87 bits per heavy atom. The Kier molecular flexibility index (Phi) is 8.39. The first-order chi connectivity index (χ1) is 14.2. The van der Waals surface area contributed by atoms with E-state index in [4.69, 9.17) is 27.0 Å². The van der Waals surface area contributed by atoms with Gasteiger partial charge in [-0.3, -0.25) is 14.6 Å². The Morgan fingerprint density at radius 1 is 1.17 bits per heavy atom. The molecule has 0 unspecified atom stereocenters. The second-order valence-corrected chi connectivity index (χ2v) is 7.39. The number of phosphoric ester groups is 1. The van der Waals surface area contributed by atoms with Crippen molar-refractivity contribution < 1.29 is 23.7 Å². The third kappa shape index (κ3) is 7.50. The maximum absolute atomic E-state index is 12.1. The number of para-hydroxylation sites is 1. The maximum atomic E-state index is 12.1. The van der Waals surface area contributed by atoms with E-state index in [-0.39, 0.29) is 28.8 Å². The van der Waals surface area contributed by atoms with Gasteiger partial charge in [-0.05, 0) is 43.7 Å². The molecule has 1 atom stereocenters. The Bertz CT molecular complexity index is 950. The summed E-state index contributed by atoms with van der Waals surface area (Å²) >= 11 is 0. The largest absolute Gasteiger partial charge is 0.524 e. The van der Waals surface area contributed by atoms with E-state index >= 15 is 0 Å². The number of nitrogens with two attached hydrogens (primary N) is 3. The molecular formula is C17H24N7O5P. The number of pyridine rings is 1. The van der Waals surface area contributed by atoms with Gasteiger partial charge in [-0.25, -0.2) is 9.55 Å². The third-order valence-corrected chi connectivity index (χ3v) is 4.24. The number of nitrogens with zero attached hydrogens (tertiary/aromatic N) is 3. The number of hydrogen-bond donors (Lipinski definition) is 6. The fourth-order valence-electron chi connectivity index (χ4n) is 2.33. The first kappa shape index (κ1) is 23.4. The molecule has 30 heavy (non-hydrogen) atoms. The molecule has 162 valence electrons. The van der Waals surface area contributed by atoms with Gasteiger partial charge in [0.15, 0.2) is 11.6 Å². The third-order valence-electron chi connectivity index (χ3n) is 3.81. The summed E-state index contributed by atoms with van der Waals surface area (Å²) in [5.74, 6) is -0.344. The van der Waals surface area contributed by atoms with Crippen molar-refractivity contribution in [1.29, 1.82) is 0 Å². The van der Waals surface area contributed by atoms with E-state index in [0.717, 1.165) is 12.8 Å². The van der Waals surface area contributed by atoms with Crippen molar-refractivity contribution in [2.75, 3.05) is 17.6 Å². The number of aromatic nitrogens is 1. The van der Waals surface area contributed by atoms with Gasteiger partial charge in [0.1, 0.15) is 17.2 Å². The molecule has 1 heterocycles. The standard InChI is InChI=1S/C17H24N7O5P/c18-10-4-3-5-11(19)17(25)22-15-9-8-13(16(20)21-15)24-23-12-6-1-2-7-14(12)29-30(26,27)28/h1-2,6-9,11H,3-5,10,18-19H2,(H2,26,27,28)(H3,20,21,22,25)/b24-23+/t11-/m0/s1. The van der Waals surface area contributed by atoms with Crippen LogP contribution in [0.2, 0.25) is 0 Å². The van der Waals surface area contributed by atoms with Gasteiger partial charge in [0.25, 0.3) is 0 Å². The molecule has 0 saturated carbocycles. The van der Waals surface area contributed by atoms with Crippen molar-refractivity contribution in [2.24, 2.45) is 21.7 Å². The summed E-state index contributed by atoms with van der Waals surface area (Å²) in [4.78, 5) is 34.1. The lowest BCUT2D eigenvalue weighted by Gasteiger charge is -2.12. The summed E-state index contributed by atoms with van der Waals surface area (Å²) in [6, 6.07) is 8.19. The number of azo groups is 1. The van der Waals surface area contributed by atoms with Crippen LogP contribution in [0.5, 0.6) is 5.75 Å². The van der Waals surface area contributed by atoms with E-state index in [1.165, 1.54) is 30.3 Å². The molecule has 0 saturated heterocycles. The molecule has 0 radical (unpaired) electrons. The van der Waals surface area contributed by atoms with Gasteiger partial charge < -0.3 is 27.0 Å². The van der Waals surface area contributed by atoms with Gasteiger partial charge in [0.05, 0.1) is 6.04 Å². The zero-order valence-electron chi connectivity index (χ0n) is 16.0. The zero-order chi connectivity index (χ0) is 22.1. The Labute approximate surface area is 172 Å². The van der Waals surface area contributed by atoms with Crippen LogP contribution in [0.25, 0.3) is 0 Å². The number of hydrogen-bond acceptors (Lipinski definition) is 9. The number of amides is 1. The number of benzene rings is 1. The average molecular weight is 437 g/mol. The second kappa shape index (κ2) is 10.8. The number of rotatable bonds is 10. The topological polar surface area (TPSA) is 212 Å². The predicted octanol–water partition coefficient (Wildman–Crippen LogP) is 1.95. The quantitative estimate of drug-likeness (QED) is 0.182. The molecular weight excluding hydrogens is 413 g/mol. The van der Waals surface area contributed by atoms with E-state index < -0.39 is 19.8 Å². The molecule has 1 aromatic carbocycles. The van der Waals surface area contributed by atoms with Crippen molar-refractivity contribution >= 4 is 36.7 Å². The first-order valence-electron chi connectivity index (χ1n) is 8.98. The Balaban J connectivity index is 2.08. The Morgan fingerprint density at radius 3 is 2.53 bits per heavy atom. The van der Waals surface area contributed by atoms with Crippen molar-refractivity contribution in [3.05, 3.63) is 36.4 Å². The van der Waals surface area contributed by atoms with Crippen LogP contribution in [-0.4, -0.2) is 33.3 Å². The lowest BCUT2D eigenvalue weighted by molar-refractivity contribution is -0.117. The minimum atomic E-state index is -4.75. The molecule has 0 aliphatic carbocycles. The molecule has 2 rings (SSSR count). The second-order valence-electron chi connectivity index (χ2n) is 6.23. The van der Waals surface area contributed by atoms with Gasteiger partial charge in [0.2, 0.25) is 5.91 Å². The summed E-state index contributed by atoms with van der Waals surface area (Å²) in [7, 11) is -4.75. The van der Waals surface area contributed by atoms with E-state index in [1.54, 1.807) is 6.07 Å². The number of phosphoric acid groups is 1. The SMILES string of the molecule is NCCCC[C@H](N)C(=O)Nc1ccc(/N=N/c2ccccc2OP(=O)(O)O)c(N)n1. The van der Waals surface area contributed by atoms with Crippen LogP contribution in [0.15, 0.2) is 46.6 Å². The van der Waals surface area contributed by atoms with Gasteiger partial charge in [-0.2, -0.15) is 0 Å². The zero-order valence-corrected chi connectivity index (χ0v) is 16.9. The number of unbranched alkanes of at least 4 members (excludes halogenated alkanes) is 1. The lowest BCUT2D eigenvalue weighted by atomic mass is 10.1.